The van der Waals surface area contributed by atoms with E-state index < -0.39 is 18.1 Å². The standard InChI is InChI=1S/C13H15NO5/c15-9-3-1-2-8(4-9)5-11(13(18)19)14-7-10(16)6-12(14)17/h1-4,10-11,15-16H,5-7H2,(H,18,19)/t10?,11-/m0/s1. The highest BCUT2D eigenvalue weighted by Crippen LogP contribution is 2.19. The van der Waals surface area contributed by atoms with Gasteiger partial charge in [0.05, 0.1) is 12.5 Å². The Morgan fingerprint density at radius 1 is 1.47 bits per heavy atom. The maximum atomic E-state index is 11.6. The maximum Gasteiger partial charge on any atom is 0.326 e. The highest BCUT2D eigenvalue weighted by Gasteiger charge is 2.36. The second kappa shape index (κ2) is 5.27. The molecule has 102 valence electrons. The predicted molar refractivity (Wildman–Crippen MR) is 65.6 cm³/mol. The van der Waals surface area contributed by atoms with Crippen LogP contribution in [0.3, 0.4) is 0 Å². The number of aliphatic carboxylic acids is 1. The van der Waals surface area contributed by atoms with Crippen molar-refractivity contribution < 1.29 is 24.9 Å². The summed E-state index contributed by atoms with van der Waals surface area (Å²) >= 11 is 0. The van der Waals surface area contributed by atoms with E-state index in [2.05, 4.69) is 0 Å². The lowest BCUT2D eigenvalue weighted by Gasteiger charge is -2.24. The van der Waals surface area contributed by atoms with Gasteiger partial charge < -0.3 is 20.2 Å². The topological polar surface area (TPSA) is 98.1 Å². The Morgan fingerprint density at radius 2 is 2.21 bits per heavy atom. The van der Waals surface area contributed by atoms with Crippen LogP contribution in [0.25, 0.3) is 0 Å². The van der Waals surface area contributed by atoms with Gasteiger partial charge in [-0.25, -0.2) is 4.79 Å². The smallest absolute Gasteiger partial charge is 0.326 e. The van der Waals surface area contributed by atoms with E-state index in [1.807, 2.05) is 0 Å². The number of likely N-dealkylation sites (tertiary alicyclic amines) is 1. The van der Waals surface area contributed by atoms with Gasteiger partial charge in [-0.1, -0.05) is 12.1 Å². The number of phenols is 1. The van der Waals surface area contributed by atoms with Gasteiger partial charge in [-0.15, -0.1) is 0 Å². The molecule has 2 atom stereocenters. The van der Waals surface area contributed by atoms with Crippen molar-refractivity contribution in [3.05, 3.63) is 29.8 Å². The van der Waals surface area contributed by atoms with Crippen LogP contribution in [-0.4, -0.2) is 50.8 Å². The first-order valence-electron chi connectivity index (χ1n) is 5.95. The third-order valence-electron chi connectivity index (χ3n) is 3.14. The van der Waals surface area contributed by atoms with Gasteiger partial charge >= 0.3 is 5.97 Å². The quantitative estimate of drug-likeness (QED) is 0.710. The summed E-state index contributed by atoms with van der Waals surface area (Å²) in [7, 11) is 0. The molecule has 0 aromatic heterocycles. The van der Waals surface area contributed by atoms with Crippen LogP contribution in [0, 0.1) is 0 Å². The molecule has 0 bridgehead atoms. The molecule has 1 aromatic carbocycles. The Labute approximate surface area is 109 Å². The molecule has 0 radical (unpaired) electrons. The number of aromatic hydroxyl groups is 1. The molecule has 1 fully saturated rings. The lowest BCUT2D eigenvalue weighted by Crippen LogP contribution is -2.44. The lowest BCUT2D eigenvalue weighted by atomic mass is 10.0. The molecule has 0 aliphatic carbocycles. The largest absolute Gasteiger partial charge is 0.508 e. The number of carbonyl (C=O) groups excluding carboxylic acids is 1. The number of benzene rings is 1. The predicted octanol–water partition coefficient (Wildman–Crippen LogP) is -0.0189. The average molecular weight is 265 g/mol. The van der Waals surface area contributed by atoms with E-state index in [0.717, 1.165) is 0 Å². The maximum absolute atomic E-state index is 11.6. The zero-order chi connectivity index (χ0) is 14.0. The first-order valence-corrected chi connectivity index (χ1v) is 5.95. The second-order valence-corrected chi connectivity index (χ2v) is 4.63. The summed E-state index contributed by atoms with van der Waals surface area (Å²) in [6, 6.07) is 5.24. The molecule has 6 heteroatoms. The minimum absolute atomic E-state index is 0.0363. The van der Waals surface area contributed by atoms with Crippen molar-refractivity contribution in [3.8, 4) is 5.75 Å². The molecule has 19 heavy (non-hydrogen) atoms. The number of phenolic OH excluding ortho intramolecular Hbond substituents is 1. The van der Waals surface area contributed by atoms with E-state index in [0.29, 0.717) is 5.56 Å². The van der Waals surface area contributed by atoms with Crippen molar-refractivity contribution >= 4 is 11.9 Å². The number of hydrogen-bond donors (Lipinski definition) is 3. The van der Waals surface area contributed by atoms with Gasteiger partial charge in [0.1, 0.15) is 11.8 Å². The molecule has 0 spiro atoms. The number of rotatable bonds is 4. The van der Waals surface area contributed by atoms with Gasteiger partial charge in [0, 0.05) is 13.0 Å². The summed E-state index contributed by atoms with van der Waals surface area (Å²) in [5.41, 5.74) is 0.626. The molecule has 3 N–H and O–H groups in total. The summed E-state index contributed by atoms with van der Waals surface area (Å²) in [6.07, 6.45) is -0.745. The van der Waals surface area contributed by atoms with Gasteiger partial charge in [-0.05, 0) is 17.7 Å². The van der Waals surface area contributed by atoms with Crippen LogP contribution in [-0.2, 0) is 16.0 Å². The number of aliphatic hydroxyl groups is 1. The molecule has 1 saturated heterocycles. The van der Waals surface area contributed by atoms with Gasteiger partial charge in [0.25, 0.3) is 0 Å². The van der Waals surface area contributed by atoms with Crippen LogP contribution in [0.1, 0.15) is 12.0 Å². The number of amides is 1. The molecule has 1 aliphatic rings. The van der Waals surface area contributed by atoms with Gasteiger partial charge in [0.2, 0.25) is 5.91 Å². The number of hydrogen-bond acceptors (Lipinski definition) is 4. The Morgan fingerprint density at radius 3 is 2.74 bits per heavy atom. The highest BCUT2D eigenvalue weighted by molar-refractivity contribution is 5.85. The SMILES string of the molecule is O=C(O)[C@H](Cc1cccc(O)c1)N1CC(O)CC1=O. The Hall–Kier alpha value is -2.08. The van der Waals surface area contributed by atoms with E-state index >= 15 is 0 Å². The summed E-state index contributed by atoms with van der Waals surface area (Å²) in [5.74, 6) is -1.43. The van der Waals surface area contributed by atoms with Gasteiger partial charge in [-0.3, -0.25) is 4.79 Å². The summed E-state index contributed by atoms with van der Waals surface area (Å²) in [6.45, 7) is 0.0363. The normalized spacial score (nSPS) is 20.6. The fraction of sp³-hybridized carbons (Fsp3) is 0.385. The molecule has 1 aromatic rings. The van der Waals surface area contributed by atoms with Crippen LogP contribution < -0.4 is 0 Å². The molecule has 0 saturated carbocycles. The van der Waals surface area contributed by atoms with Crippen molar-refractivity contribution in [2.45, 2.75) is 25.0 Å². The molecule has 1 amide bonds. The Kier molecular flexibility index (Phi) is 3.71. The van der Waals surface area contributed by atoms with Crippen LogP contribution in [0.4, 0.5) is 0 Å². The fourth-order valence-corrected chi connectivity index (χ4v) is 2.25. The number of carbonyl (C=O) groups is 2. The minimum atomic E-state index is -1.12. The Balaban J connectivity index is 2.17. The van der Waals surface area contributed by atoms with E-state index in [4.69, 9.17) is 0 Å². The minimum Gasteiger partial charge on any atom is -0.508 e. The molecular weight excluding hydrogens is 250 g/mol. The first kappa shape index (κ1) is 13.4. The van der Waals surface area contributed by atoms with Crippen LogP contribution in [0.2, 0.25) is 0 Å². The molecule has 2 rings (SSSR count). The third-order valence-corrected chi connectivity index (χ3v) is 3.14. The van der Waals surface area contributed by atoms with Crippen LogP contribution >= 0.6 is 0 Å². The van der Waals surface area contributed by atoms with Crippen LogP contribution in [0.5, 0.6) is 5.75 Å². The van der Waals surface area contributed by atoms with Crippen molar-refractivity contribution in [2.75, 3.05) is 6.54 Å². The van der Waals surface area contributed by atoms with Crippen LogP contribution in [0.15, 0.2) is 24.3 Å². The lowest BCUT2D eigenvalue weighted by molar-refractivity contribution is -0.148. The van der Waals surface area contributed by atoms with E-state index in [1.165, 1.54) is 17.0 Å². The first-order chi connectivity index (χ1) is 8.97. The molecule has 1 unspecified atom stereocenters. The molecule has 6 nitrogen and oxygen atoms in total. The monoisotopic (exact) mass is 265 g/mol. The van der Waals surface area contributed by atoms with Gasteiger partial charge in [0.15, 0.2) is 0 Å². The van der Waals surface area contributed by atoms with Crippen molar-refractivity contribution in [1.82, 2.24) is 4.90 Å². The van der Waals surface area contributed by atoms with Crippen molar-refractivity contribution in [2.24, 2.45) is 0 Å². The number of carboxylic acid groups (broad SMARTS) is 1. The average Bonchev–Trinajstić information content (AvgIpc) is 2.65. The highest BCUT2D eigenvalue weighted by atomic mass is 16.4. The number of carboxylic acids is 1. The molecule has 1 aliphatic heterocycles. The summed E-state index contributed by atoms with van der Waals surface area (Å²) < 4.78 is 0. The van der Waals surface area contributed by atoms with Gasteiger partial charge in [-0.2, -0.15) is 0 Å². The zero-order valence-electron chi connectivity index (χ0n) is 10.2. The number of nitrogens with zero attached hydrogens (tertiary/aromatic N) is 1. The number of aliphatic hydroxyl groups excluding tert-OH is 1. The Bertz CT molecular complexity index is 502. The molecular formula is C13H15NO5. The summed E-state index contributed by atoms with van der Waals surface area (Å²) in [5, 5.41) is 28.0. The van der Waals surface area contributed by atoms with E-state index in [-0.39, 0.29) is 31.0 Å². The van der Waals surface area contributed by atoms with E-state index in [1.54, 1.807) is 12.1 Å². The van der Waals surface area contributed by atoms with E-state index in [9.17, 15) is 24.9 Å². The fourth-order valence-electron chi connectivity index (χ4n) is 2.25. The van der Waals surface area contributed by atoms with Crippen molar-refractivity contribution in [1.29, 1.82) is 0 Å². The third kappa shape index (κ3) is 3.03. The van der Waals surface area contributed by atoms with Crippen molar-refractivity contribution in [3.63, 3.8) is 0 Å². The number of β-amino-alcohol motifs (C(OH)–C–C–N with tert-alkyl or cyclic N) is 1. The summed E-state index contributed by atoms with van der Waals surface area (Å²) in [4.78, 5) is 24.1. The zero-order valence-corrected chi connectivity index (χ0v) is 10.2. The second-order valence-electron chi connectivity index (χ2n) is 4.63. The molecule has 1 heterocycles.